The zero-order chi connectivity index (χ0) is 15.6. The summed E-state index contributed by atoms with van der Waals surface area (Å²) in [7, 11) is 0. The van der Waals surface area contributed by atoms with Crippen molar-refractivity contribution in [3.63, 3.8) is 0 Å². The van der Waals surface area contributed by atoms with E-state index in [0.717, 1.165) is 0 Å². The lowest BCUT2D eigenvalue weighted by atomic mass is 9.98. The number of anilines is 1. The Kier molecular flexibility index (Phi) is 4.57. The van der Waals surface area contributed by atoms with E-state index in [-0.39, 0.29) is 23.3 Å². The fourth-order valence-corrected chi connectivity index (χ4v) is 1.83. The van der Waals surface area contributed by atoms with Crippen molar-refractivity contribution in [2.24, 2.45) is 0 Å². The lowest BCUT2D eigenvalue weighted by Crippen LogP contribution is -2.39. The molecule has 0 aromatic carbocycles. The Labute approximate surface area is 118 Å². The first-order valence-electron chi connectivity index (χ1n) is 6.61. The third-order valence-electron chi connectivity index (χ3n) is 2.98. The third kappa shape index (κ3) is 4.36. The van der Waals surface area contributed by atoms with Crippen LogP contribution in [0.3, 0.4) is 0 Å². The van der Waals surface area contributed by atoms with Gasteiger partial charge in [0, 0.05) is 29.9 Å². The molecule has 2 N–H and O–H groups in total. The first-order chi connectivity index (χ1) is 9.03. The Balaban J connectivity index is 2.99. The van der Waals surface area contributed by atoms with Crippen LogP contribution in [0.2, 0.25) is 0 Å². The summed E-state index contributed by atoms with van der Waals surface area (Å²) in [5.74, 6) is -0.606. The van der Waals surface area contributed by atoms with E-state index in [4.69, 9.17) is 5.11 Å². The molecule has 6 nitrogen and oxygen atoms in total. The molecule has 0 unspecified atom stereocenters. The molecule has 20 heavy (non-hydrogen) atoms. The second-order valence-electron chi connectivity index (χ2n) is 6.52. The molecular weight excluding hydrogens is 258 g/mol. The van der Waals surface area contributed by atoms with Gasteiger partial charge in [0.25, 0.3) is 5.56 Å². The van der Waals surface area contributed by atoms with Gasteiger partial charge in [-0.25, -0.2) is 4.98 Å². The van der Waals surface area contributed by atoms with Gasteiger partial charge in [0.1, 0.15) is 0 Å². The number of carbonyl (C=O) groups is 1. The smallest absolute Gasteiger partial charge is 0.303 e. The van der Waals surface area contributed by atoms with Crippen molar-refractivity contribution in [3.8, 4) is 0 Å². The molecule has 0 aliphatic rings. The van der Waals surface area contributed by atoms with E-state index in [2.05, 4.69) is 10.3 Å². The van der Waals surface area contributed by atoms with Crippen molar-refractivity contribution in [2.75, 3.05) is 5.32 Å². The van der Waals surface area contributed by atoms with Crippen LogP contribution in [0.5, 0.6) is 0 Å². The fraction of sp³-hybridized carbons (Fsp3) is 0.643. The molecule has 0 spiro atoms. The summed E-state index contributed by atoms with van der Waals surface area (Å²) in [6, 6.07) is 0. The topological polar surface area (TPSA) is 84.2 Å². The Hall–Kier alpha value is -1.85. The number of aromatic nitrogens is 2. The van der Waals surface area contributed by atoms with Crippen LogP contribution in [0.25, 0.3) is 0 Å². The number of rotatable bonds is 5. The second-order valence-corrected chi connectivity index (χ2v) is 6.52. The van der Waals surface area contributed by atoms with Crippen LogP contribution in [0.4, 0.5) is 5.82 Å². The Morgan fingerprint density at radius 1 is 1.35 bits per heavy atom. The van der Waals surface area contributed by atoms with Gasteiger partial charge in [-0.2, -0.15) is 0 Å². The zero-order valence-corrected chi connectivity index (χ0v) is 12.7. The molecule has 0 radical (unpaired) electrons. The van der Waals surface area contributed by atoms with E-state index in [1.165, 1.54) is 0 Å². The molecule has 0 amide bonds. The van der Waals surface area contributed by atoms with Gasteiger partial charge in [-0.15, -0.1) is 0 Å². The lowest BCUT2D eigenvalue weighted by molar-refractivity contribution is -0.137. The molecule has 0 saturated carbocycles. The van der Waals surface area contributed by atoms with Gasteiger partial charge in [-0.05, 0) is 41.0 Å². The minimum Gasteiger partial charge on any atom is -0.481 e. The summed E-state index contributed by atoms with van der Waals surface area (Å²) >= 11 is 0. The highest BCUT2D eigenvalue weighted by atomic mass is 16.4. The Morgan fingerprint density at radius 2 is 1.95 bits per heavy atom. The molecule has 1 heterocycles. The molecule has 1 rings (SSSR count). The van der Waals surface area contributed by atoms with Gasteiger partial charge in [-0.1, -0.05) is 0 Å². The van der Waals surface area contributed by atoms with Gasteiger partial charge in [-0.3, -0.25) is 9.59 Å². The SMILES string of the molecule is CC(C)(CCC(=O)O)Nc1nccn(C(C)(C)C)c1=O. The summed E-state index contributed by atoms with van der Waals surface area (Å²) in [6.07, 6.45) is 3.67. The largest absolute Gasteiger partial charge is 0.481 e. The first-order valence-corrected chi connectivity index (χ1v) is 6.61. The van der Waals surface area contributed by atoms with Crippen LogP contribution >= 0.6 is 0 Å². The van der Waals surface area contributed by atoms with Crippen molar-refractivity contribution in [3.05, 3.63) is 22.7 Å². The summed E-state index contributed by atoms with van der Waals surface area (Å²) in [5, 5.41) is 11.8. The predicted octanol–water partition coefficient (Wildman–Crippen LogP) is 2.05. The van der Waals surface area contributed by atoms with Crippen molar-refractivity contribution in [1.82, 2.24) is 9.55 Å². The van der Waals surface area contributed by atoms with Gasteiger partial charge in [0.05, 0.1) is 0 Å². The standard InChI is InChI=1S/C14H23N3O3/c1-13(2,3)17-9-8-15-11(12(17)20)16-14(4,5)7-6-10(18)19/h8-9H,6-7H2,1-5H3,(H,15,16)(H,18,19). The maximum Gasteiger partial charge on any atom is 0.303 e. The highest BCUT2D eigenvalue weighted by molar-refractivity contribution is 5.66. The molecular formula is C14H23N3O3. The van der Waals surface area contributed by atoms with E-state index >= 15 is 0 Å². The Morgan fingerprint density at radius 3 is 2.45 bits per heavy atom. The molecule has 0 atom stereocenters. The molecule has 0 fully saturated rings. The van der Waals surface area contributed by atoms with Crippen molar-refractivity contribution < 1.29 is 9.90 Å². The van der Waals surface area contributed by atoms with Crippen LogP contribution in [0.15, 0.2) is 17.2 Å². The number of aliphatic carboxylic acids is 1. The summed E-state index contributed by atoms with van der Waals surface area (Å²) < 4.78 is 1.61. The molecule has 0 saturated heterocycles. The van der Waals surface area contributed by atoms with Crippen LogP contribution < -0.4 is 10.9 Å². The van der Waals surface area contributed by atoms with Gasteiger partial charge < -0.3 is 15.0 Å². The van der Waals surface area contributed by atoms with Crippen molar-refractivity contribution in [2.45, 2.75) is 58.5 Å². The van der Waals surface area contributed by atoms with Crippen LogP contribution in [-0.4, -0.2) is 26.2 Å². The summed E-state index contributed by atoms with van der Waals surface area (Å²) in [5.41, 5.74) is -1.05. The zero-order valence-electron chi connectivity index (χ0n) is 12.7. The molecule has 1 aromatic rings. The van der Waals surface area contributed by atoms with Crippen molar-refractivity contribution in [1.29, 1.82) is 0 Å². The molecule has 112 valence electrons. The molecule has 0 aliphatic heterocycles. The van der Waals surface area contributed by atoms with Gasteiger partial charge in [0.15, 0.2) is 5.82 Å². The number of carboxylic acids is 1. The van der Waals surface area contributed by atoms with E-state index in [9.17, 15) is 9.59 Å². The highest BCUT2D eigenvalue weighted by Gasteiger charge is 2.23. The maximum atomic E-state index is 12.4. The van der Waals surface area contributed by atoms with E-state index in [0.29, 0.717) is 6.42 Å². The number of hydrogen-bond donors (Lipinski definition) is 2. The molecule has 0 bridgehead atoms. The van der Waals surface area contributed by atoms with Crippen molar-refractivity contribution >= 4 is 11.8 Å². The lowest BCUT2D eigenvalue weighted by Gasteiger charge is -2.28. The van der Waals surface area contributed by atoms with E-state index < -0.39 is 11.5 Å². The monoisotopic (exact) mass is 281 g/mol. The molecule has 0 aliphatic carbocycles. The van der Waals surface area contributed by atoms with Gasteiger partial charge in [0.2, 0.25) is 0 Å². The Bertz CT molecular complexity index is 541. The number of hydrogen-bond acceptors (Lipinski definition) is 4. The van der Waals surface area contributed by atoms with Crippen LogP contribution in [0, 0.1) is 0 Å². The quantitative estimate of drug-likeness (QED) is 0.863. The van der Waals surface area contributed by atoms with E-state index in [1.807, 2.05) is 34.6 Å². The first kappa shape index (κ1) is 16.2. The average Bonchev–Trinajstić information content (AvgIpc) is 2.28. The second kappa shape index (κ2) is 5.64. The number of nitrogens with one attached hydrogen (secondary N) is 1. The normalized spacial score (nSPS) is 12.2. The summed E-state index contributed by atoms with van der Waals surface area (Å²) in [6.45, 7) is 9.52. The van der Waals surface area contributed by atoms with Crippen LogP contribution in [0.1, 0.15) is 47.5 Å². The predicted molar refractivity (Wildman–Crippen MR) is 78.1 cm³/mol. The van der Waals surface area contributed by atoms with E-state index in [1.54, 1.807) is 17.0 Å². The van der Waals surface area contributed by atoms with Crippen LogP contribution in [-0.2, 0) is 10.3 Å². The fourth-order valence-electron chi connectivity index (χ4n) is 1.83. The highest BCUT2D eigenvalue weighted by Crippen LogP contribution is 2.17. The summed E-state index contributed by atoms with van der Waals surface area (Å²) in [4.78, 5) is 27.1. The minimum absolute atomic E-state index is 0.0420. The van der Waals surface area contributed by atoms with Gasteiger partial charge >= 0.3 is 5.97 Å². The third-order valence-corrected chi connectivity index (χ3v) is 2.98. The minimum atomic E-state index is -0.854. The molecule has 1 aromatic heterocycles. The number of nitrogens with zero attached hydrogens (tertiary/aromatic N) is 2. The number of carboxylic acid groups (broad SMARTS) is 1. The molecule has 6 heteroatoms. The maximum absolute atomic E-state index is 12.4. The average molecular weight is 281 g/mol.